The number of hydrogen-bond donors (Lipinski definition) is 1. The van der Waals surface area contributed by atoms with Gasteiger partial charge >= 0.3 is 0 Å². The summed E-state index contributed by atoms with van der Waals surface area (Å²) in [7, 11) is 0. The maximum atomic E-state index is 13.0. The maximum absolute atomic E-state index is 13.0. The first kappa shape index (κ1) is 14.1. The molecule has 112 valence electrons. The third kappa shape index (κ3) is 2.94. The number of benzene rings is 1. The number of nitrogens with zero attached hydrogens (tertiary/aromatic N) is 1. The molecule has 1 aliphatic heterocycles. The first-order valence-electron chi connectivity index (χ1n) is 7.61. The van der Waals surface area contributed by atoms with Crippen molar-refractivity contribution in [2.45, 2.75) is 44.7 Å². The predicted molar refractivity (Wildman–Crippen MR) is 78.0 cm³/mol. The van der Waals surface area contributed by atoms with Gasteiger partial charge < -0.3 is 10.0 Å². The molecule has 0 radical (unpaired) electrons. The molecule has 0 saturated heterocycles. The summed E-state index contributed by atoms with van der Waals surface area (Å²) < 4.78 is 13.0. The number of rotatable bonds is 3. The highest BCUT2D eigenvalue weighted by molar-refractivity contribution is 5.91. The number of carbonyl (C=O) groups excluding carboxylic acids is 1. The smallest absolute Gasteiger partial charge is 0.250 e. The Kier molecular flexibility index (Phi) is 3.95. The second-order valence-electron chi connectivity index (χ2n) is 6.00. The van der Waals surface area contributed by atoms with Gasteiger partial charge in [0.05, 0.1) is 6.04 Å². The van der Waals surface area contributed by atoms with Gasteiger partial charge in [0.15, 0.2) is 0 Å². The molecule has 3 nitrogen and oxygen atoms in total. The van der Waals surface area contributed by atoms with E-state index in [4.69, 9.17) is 0 Å². The normalized spacial score (nSPS) is 23.5. The predicted octanol–water partition coefficient (Wildman–Crippen LogP) is 3.56. The molecule has 0 spiro atoms. The van der Waals surface area contributed by atoms with Crippen molar-refractivity contribution < 1.29 is 14.3 Å². The third-order valence-electron chi connectivity index (χ3n) is 4.56. The summed E-state index contributed by atoms with van der Waals surface area (Å²) in [5.41, 5.74) is 0.883. The molecule has 21 heavy (non-hydrogen) atoms. The summed E-state index contributed by atoms with van der Waals surface area (Å²) in [6.45, 7) is 0.417. The van der Waals surface area contributed by atoms with Gasteiger partial charge in [-0.25, -0.2) is 4.39 Å². The Morgan fingerprint density at radius 1 is 1.14 bits per heavy atom. The van der Waals surface area contributed by atoms with Gasteiger partial charge in [-0.1, -0.05) is 31.4 Å². The van der Waals surface area contributed by atoms with Crippen LogP contribution in [0.25, 0.3) is 0 Å². The van der Waals surface area contributed by atoms with Gasteiger partial charge in [0.1, 0.15) is 11.6 Å². The van der Waals surface area contributed by atoms with E-state index in [1.165, 1.54) is 24.6 Å². The first-order valence-corrected chi connectivity index (χ1v) is 7.61. The highest BCUT2D eigenvalue weighted by Crippen LogP contribution is 2.35. The van der Waals surface area contributed by atoms with E-state index in [0.717, 1.165) is 31.2 Å². The van der Waals surface area contributed by atoms with Gasteiger partial charge in [-0.3, -0.25) is 4.79 Å². The number of aliphatic hydroxyl groups excluding tert-OH is 1. The zero-order chi connectivity index (χ0) is 14.8. The second-order valence-corrected chi connectivity index (χ2v) is 6.00. The molecule has 1 fully saturated rings. The van der Waals surface area contributed by atoms with Gasteiger partial charge in [0, 0.05) is 12.6 Å². The van der Waals surface area contributed by atoms with Gasteiger partial charge in [-0.05, 0) is 36.5 Å². The van der Waals surface area contributed by atoms with Crippen molar-refractivity contribution in [1.82, 2.24) is 4.90 Å². The van der Waals surface area contributed by atoms with E-state index in [9.17, 15) is 14.3 Å². The molecule has 1 atom stereocenters. The van der Waals surface area contributed by atoms with Gasteiger partial charge in [0.2, 0.25) is 0 Å². The number of carbonyl (C=O) groups is 1. The molecule has 2 aliphatic rings. The van der Waals surface area contributed by atoms with Crippen LogP contribution in [0.4, 0.5) is 4.39 Å². The van der Waals surface area contributed by atoms with Crippen molar-refractivity contribution in [1.29, 1.82) is 0 Å². The Balaban J connectivity index is 1.78. The molecule has 1 heterocycles. The van der Waals surface area contributed by atoms with E-state index in [2.05, 4.69) is 0 Å². The lowest BCUT2D eigenvalue weighted by molar-refractivity contribution is -0.128. The minimum Gasteiger partial charge on any atom is -0.510 e. The van der Waals surface area contributed by atoms with Crippen LogP contribution in [-0.4, -0.2) is 22.0 Å². The SMILES string of the molecule is O=C1C=C(O)[C@H](C2CCCCC2)N1Cc1ccc(F)cc1. The van der Waals surface area contributed by atoms with Crippen LogP contribution < -0.4 is 0 Å². The molecule has 0 bridgehead atoms. The van der Waals surface area contributed by atoms with Crippen molar-refractivity contribution in [2.24, 2.45) is 5.92 Å². The largest absolute Gasteiger partial charge is 0.510 e. The van der Waals surface area contributed by atoms with Gasteiger partial charge in [-0.2, -0.15) is 0 Å². The lowest BCUT2D eigenvalue weighted by Gasteiger charge is -2.34. The molecule has 1 N–H and O–H groups in total. The summed E-state index contributed by atoms with van der Waals surface area (Å²) in [6.07, 6.45) is 6.99. The van der Waals surface area contributed by atoms with Gasteiger partial charge in [-0.15, -0.1) is 0 Å². The molecular weight excluding hydrogens is 269 g/mol. The number of amides is 1. The van der Waals surface area contributed by atoms with Crippen LogP contribution in [0.3, 0.4) is 0 Å². The Morgan fingerprint density at radius 3 is 2.48 bits per heavy atom. The van der Waals surface area contributed by atoms with E-state index < -0.39 is 0 Å². The lowest BCUT2D eigenvalue weighted by atomic mass is 9.83. The van der Waals surface area contributed by atoms with Crippen LogP contribution in [0.5, 0.6) is 0 Å². The molecule has 1 saturated carbocycles. The van der Waals surface area contributed by atoms with Crippen LogP contribution in [0.15, 0.2) is 36.1 Å². The summed E-state index contributed by atoms with van der Waals surface area (Å²) in [6, 6.07) is 5.98. The first-order chi connectivity index (χ1) is 10.1. The summed E-state index contributed by atoms with van der Waals surface area (Å²) in [5.74, 6) is 0.0969. The Bertz CT molecular complexity index is 546. The highest BCUT2D eigenvalue weighted by Gasteiger charge is 2.38. The lowest BCUT2D eigenvalue weighted by Crippen LogP contribution is -2.40. The third-order valence-corrected chi connectivity index (χ3v) is 4.56. The van der Waals surface area contributed by atoms with Crippen molar-refractivity contribution in [3.05, 3.63) is 47.5 Å². The van der Waals surface area contributed by atoms with Gasteiger partial charge in [0.25, 0.3) is 5.91 Å². The van der Waals surface area contributed by atoms with Crippen molar-refractivity contribution in [3.63, 3.8) is 0 Å². The summed E-state index contributed by atoms with van der Waals surface area (Å²) >= 11 is 0. The second kappa shape index (κ2) is 5.88. The van der Waals surface area contributed by atoms with Crippen molar-refractivity contribution in [2.75, 3.05) is 0 Å². The van der Waals surface area contributed by atoms with Crippen LogP contribution in [0.1, 0.15) is 37.7 Å². The molecular formula is C17H20FNO2. The molecule has 0 aromatic heterocycles. The highest BCUT2D eigenvalue weighted by atomic mass is 19.1. The zero-order valence-corrected chi connectivity index (χ0v) is 12.0. The Morgan fingerprint density at radius 2 is 1.81 bits per heavy atom. The molecule has 1 aromatic rings. The molecule has 4 heteroatoms. The monoisotopic (exact) mass is 289 g/mol. The standard InChI is InChI=1S/C17H20FNO2/c18-14-8-6-12(7-9-14)11-19-16(21)10-15(20)17(19)13-4-2-1-3-5-13/h6-10,13,17,20H,1-5,11H2/t17-/m0/s1. The fourth-order valence-corrected chi connectivity index (χ4v) is 3.50. The topological polar surface area (TPSA) is 40.5 Å². The minimum atomic E-state index is -0.281. The number of aliphatic hydroxyl groups is 1. The van der Waals surface area contributed by atoms with E-state index >= 15 is 0 Å². The van der Waals surface area contributed by atoms with E-state index in [-0.39, 0.29) is 23.5 Å². The number of hydrogen-bond acceptors (Lipinski definition) is 2. The Labute approximate surface area is 124 Å². The average molecular weight is 289 g/mol. The van der Waals surface area contributed by atoms with E-state index in [0.29, 0.717) is 12.5 Å². The van der Waals surface area contributed by atoms with Crippen LogP contribution >= 0.6 is 0 Å². The molecule has 1 aliphatic carbocycles. The van der Waals surface area contributed by atoms with E-state index in [1.807, 2.05) is 0 Å². The molecule has 1 aromatic carbocycles. The minimum absolute atomic E-state index is 0.146. The summed E-state index contributed by atoms with van der Waals surface area (Å²) in [4.78, 5) is 13.8. The van der Waals surface area contributed by atoms with Crippen LogP contribution in [0, 0.1) is 11.7 Å². The molecule has 3 rings (SSSR count). The van der Waals surface area contributed by atoms with E-state index in [1.54, 1.807) is 17.0 Å². The van der Waals surface area contributed by atoms with Crippen LogP contribution in [-0.2, 0) is 11.3 Å². The average Bonchev–Trinajstić information content (AvgIpc) is 2.76. The molecule has 1 amide bonds. The Hall–Kier alpha value is -1.84. The van der Waals surface area contributed by atoms with Crippen LogP contribution in [0.2, 0.25) is 0 Å². The quantitative estimate of drug-likeness (QED) is 0.924. The maximum Gasteiger partial charge on any atom is 0.250 e. The fraction of sp³-hybridized carbons (Fsp3) is 0.471. The fourth-order valence-electron chi connectivity index (χ4n) is 3.50. The number of halogens is 1. The molecule has 0 unspecified atom stereocenters. The van der Waals surface area contributed by atoms with Crippen molar-refractivity contribution in [3.8, 4) is 0 Å². The van der Waals surface area contributed by atoms with Crippen molar-refractivity contribution >= 4 is 5.91 Å². The zero-order valence-electron chi connectivity index (χ0n) is 12.0. The summed E-state index contributed by atoms with van der Waals surface area (Å²) in [5, 5.41) is 10.1.